The number of furan rings is 1. The Hall–Kier alpha value is -3.69. The zero-order valence-electron chi connectivity index (χ0n) is 20.5. The minimum Gasteiger partial charge on any atom is -0.508 e. The Morgan fingerprint density at radius 1 is 1.08 bits per heavy atom. The maximum atomic E-state index is 13.8. The number of benzene rings is 1. The summed E-state index contributed by atoms with van der Waals surface area (Å²) in [4.78, 5) is 30.5. The molecule has 36 heavy (non-hydrogen) atoms. The highest BCUT2D eigenvalue weighted by atomic mass is 16.3. The van der Waals surface area contributed by atoms with Gasteiger partial charge in [0.1, 0.15) is 24.1 Å². The number of nitrogens with zero attached hydrogens (tertiary/aromatic N) is 5. The standard InChI is InChI=1S/C26H32N6O4/c1-17-10-15-22(36-17)25-28-30-31(29-25)16-23(34)32(20-8-4-5-9-20)24(18-11-13-21(33)14-12-18)26(35)27-19-6-2-3-7-19/h10-15,19-20,24,33H,2-9,16H2,1H3,(H,27,35)/t24-/m0/s1. The van der Waals surface area contributed by atoms with Gasteiger partial charge in [0.2, 0.25) is 17.6 Å². The minimum atomic E-state index is -0.808. The van der Waals surface area contributed by atoms with E-state index in [4.69, 9.17) is 4.42 Å². The molecule has 190 valence electrons. The van der Waals surface area contributed by atoms with Gasteiger partial charge in [-0.1, -0.05) is 37.8 Å². The van der Waals surface area contributed by atoms with Gasteiger partial charge in [-0.15, -0.1) is 10.2 Å². The van der Waals surface area contributed by atoms with Crippen LogP contribution in [0.25, 0.3) is 11.6 Å². The van der Waals surface area contributed by atoms with Crippen molar-refractivity contribution in [1.29, 1.82) is 0 Å². The molecule has 0 bridgehead atoms. The largest absolute Gasteiger partial charge is 0.508 e. The normalized spacial score (nSPS) is 17.4. The molecule has 5 rings (SSSR count). The maximum absolute atomic E-state index is 13.8. The highest BCUT2D eigenvalue weighted by molar-refractivity contribution is 5.89. The summed E-state index contributed by atoms with van der Waals surface area (Å²) in [5.74, 6) is 1.19. The molecule has 2 aromatic heterocycles. The number of hydrogen-bond acceptors (Lipinski definition) is 7. The predicted octanol–water partition coefficient (Wildman–Crippen LogP) is 3.52. The molecule has 2 aliphatic rings. The lowest BCUT2D eigenvalue weighted by Crippen LogP contribution is -2.50. The molecule has 10 heteroatoms. The molecule has 0 unspecified atom stereocenters. The number of phenolic OH excluding ortho intramolecular Hbond substituents is 1. The quantitative estimate of drug-likeness (QED) is 0.493. The summed E-state index contributed by atoms with van der Waals surface area (Å²) in [5.41, 5.74) is 0.668. The lowest BCUT2D eigenvalue weighted by molar-refractivity contribution is -0.144. The van der Waals surface area contributed by atoms with Crippen LogP contribution < -0.4 is 5.32 Å². The van der Waals surface area contributed by atoms with Crippen molar-refractivity contribution < 1.29 is 19.1 Å². The zero-order valence-corrected chi connectivity index (χ0v) is 20.5. The molecule has 2 fully saturated rings. The van der Waals surface area contributed by atoms with Gasteiger partial charge in [-0.25, -0.2) is 0 Å². The van der Waals surface area contributed by atoms with Crippen molar-refractivity contribution in [2.75, 3.05) is 0 Å². The molecule has 2 amide bonds. The highest BCUT2D eigenvalue weighted by Gasteiger charge is 2.38. The summed E-state index contributed by atoms with van der Waals surface area (Å²) in [6.07, 6.45) is 7.75. The van der Waals surface area contributed by atoms with E-state index in [1.54, 1.807) is 35.2 Å². The van der Waals surface area contributed by atoms with Crippen molar-refractivity contribution in [2.45, 2.75) is 83.0 Å². The second-order valence-corrected chi connectivity index (χ2v) is 9.78. The maximum Gasteiger partial charge on any atom is 0.247 e. The topological polar surface area (TPSA) is 126 Å². The van der Waals surface area contributed by atoms with Gasteiger partial charge in [-0.2, -0.15) is 4.80 Å². The van der Waals surface area contributed by atoms with Crippen LogP contribution in [0.2, 0.25) is 0 Å². The van der Waals surface area contributed by atoms with E-state index in [2.05, 4.69) is 20.7 Å². The summed E-state index contributed by atoms with van der Waals surface area (Å²) >= 11 is 0. The first-order valence-corrected chi connectivity index (χ1v) is 12.7. The second-order valence-electron chi connectivity index (χ2n) is 9.78. The summed E-state index contributed by atoms with van der Waals surface area (Å²) in [7, 11) is 0. The molecule has 1 aromatic carbocycles. The van der Waals surface area contributed by atoms with Crippen LogP contribution >= 0.6 is 0 Å². The number of hydrogen-bond donors (Lipinski definition) is 2. The van der Waals surface area contributed by atoms with Crippen LogP contribution in [0.4, 0.5) is 0 Å². The molecule has 2 heterocycles. The Kier molecular flexibility index (Phi) is 7.02. The molecule has 2 saturated carbocycles. The zero-order chi connectivity index (χ0) is 25.1. The van der Waals surface area contributed by atoms with Crippen LogP contribution in [0.1, 0.15) is 68.7 Å². The summed E-state index contributed by atoms with van der Waals surface area (Å²) in [6, 6.07) is 9.36. The average molecular weight is 493 g/mol. The molecule has 0 spiro atoms. The summed E-state index contributed by atoms with van der Waals surface area (Å²) < 4.78 is 5.57. The van der Waals surface area contributed by atoms with Gasteiger partial charge >= 0.3 is 0 Å². The number of nitrogens with one attached hydrogen (secondary N) is 1. The van der Waals surface area contributed by atoms with E-state index in [-0.39, 0.29) is 36.2 Å². The van der Waals surface area contributed by atoms with Gasteiger partial charge in [-0.3, -0.25) is 9.59 Å². The molecular formula is C26H32N6O4. The van der Waals surface area contributed by atoms with Crippen LogP contribution in [0.15, 0.2) is 40.8 Å². The minimum absolute atomic E-state index is 0.0682. The number of aromatic nitrogens is 4. The van der Waals surface area contributed by atoms with Crippen molar-refractivity contribution in [1.82, 2.24) is 30.4 Å². The molecule has 10 nitrogen and oxygen atoms in total. The number of aromatic hydroxyl groups is 1. The SMILES string of the molecule is Cc1ccc(-c2nnn(CC(=O)N(C3CCCC3)[C@H](C(=O)NC3CCCC3)c3ccc(O)cc3)n2)o1. The number of amides is 2. The predicted molar refractivity (Wildman–Crippen MR) is 131 cm³/mol. The lowest BCUT2D eigenvalue weighted by Gasteiger charge is -2.36. The van der Waals surface area contributed by atoms with Crippen molar-refractivity contribution >= 4 is 11.8 Å². The van der Waals surface area contributed by atoms with Gasteiger partial charge in [0.05, 0.1) is 0 Å². The monoisotopic (exact) mass is 492 g/mol. The third kappa shape index (κ3) is 5.27. The van der Waals surface area contributed by atoms with Gasteiger partial charge in [0, 0.05) is 12.1 Å². The Bertz CT molecular complexity index is 1190. The molecule has 2 N–H and O–H groups in total. The first-order valence-electron chi connectivity index (χ1n) is 12.7. The van der Waals surface area contributed by atoms with Crippen molar-refractivity contribution in [3.8, 4) is 17.3 Å². The third-order valence-corrected chi connectivity index (χ3v) is 7.13. The second kappa shape index (κ2) is 10.5. The Morgan fingerprint density at radius 2 is 1.78 bits per heavy atom. The number of phenols is 1. The van der Waals surface area contributed by atoms with E-state index in [0.717, 1.165) is 57.1 Å². The number of carbonyl (C=O) groups excluding carboxylic acids is 2. The Labute approximate surface area is 209 Å². The Morgan fingerprint density at radius 3 is 2.44 bits per heavy atom. The van der Waals surface area contributed by atoms with Gasteiger partial charge in [0.15, 0.2) is 5.76 Å². The van der Waals surface area contributed by atoms with Crippen molar-refractivity contribution in [3.05, 3.63) is 47.7 Å². The van der Waals surface area contributed by atoms with Crippen LogP contribution in [0.3, 0.4) is 0 Å². The van der Waals surface area contributed by atoms with E-state index < -0.39 is 6.04 Å². The lowest BCUT2D eigenvalue weighted by atomic mass is 10.00. The van der Waals surface area contributed by atoms with E-state index >= 15 is 0 Å². The van der Waals surface area contributed by atoms with E-state index in [9.17, 15) is 14.7 Å². The molecule has 0 radical (unpaired) electrons. The number of tetrazole rings is 1. The highest BCUT2D eigenvalue weighted by Crippen LogP contribution is 2.33. The molecular weight excluding hydrogens is 460 g/mol. The van der Waals surface area contributed by atoms with E-state index in [1.807, 2.05) is 13.0 Å². The fourth-order valence-electron chi connectivity index (χ4n) is 5.35. The van der Waals surface area contributed by atoms with E-state index in [0.29, 0.717) is 17.1 Å². The number of aryl methyl sites for hydroxylation is 1. The fourth-order valence-corrected chi connectivity index (χ4v) is 5.35. The Balaban J connectivity index is 1.43. The van der Waals surface area contributed by atoms with Crippen LogP contribution in [-0.4, -0.2) is 54.1 Å². The molecule has 3 aromatic rings. The van der Waals surface area contributed by atoms with Crippen LogP contribution in [0, 0.1) is 6.92 Å². The summed E-state index contributed by atoms with van der Waals surface area (Å²) in [5, 5.41) is 25.5. The molecule has 2 aliphatic carbocycles. The summed E-state index contributed by atoms with van der Waals surface area (Å²) in [6.45, 7) is 1.69. The van der Waals surface area contributed by atoms with Crippen molar-refractivity contribution in [2.24, 2.45) is 0 Å². The van der Waals surface area contributed by atoms with Crippen molar-refractivity contribution in [3.63, 3.8) is 0 Å². The average Bonchev–Trinajstić information content (AvgIpc) is 3.66. The first-order chi connectivity index (χ1) is 17.5. The number of rotatable bonds is 8. The third-order valence-electron chi connectivity index (χ3n) is 7.13. The fraction of sp³-hybridized carbons (Fsp3) is 0.500. The molecule has 0 saturated heterocycles. The van der Waals surface area contributed by atoms with Gasteiger partial charge in [0.25, 0.3) is 0 Å². The van der Waals surface area contributed by atoms with E-state index in [1.165, 1.54) is 4.80 Å². The van der Waals surface area contributed by atoms with Gasteiger partial charge in [-0.05, 0) is 67.6 Å². The molecule has 0 aliphatic heterocycles. The van der Waals surface area contributed by atoms with Crippen LogP contribution in [0.5, 0.6) is 5.75 Å². The molecule has 1 atom stereocenters. The smallest absolute Gasteiger partial charge is 0.247 e. The first kappa shape index (κ1) is 24.0. The number of carbonyl (C=O) groups is 2. The van der Waals surface area contributed by atoms with Gasteiger partial charge < -0.3 is 19.7 Å². The van der Waals surface area contributed by atoms with Crippen LogP contribution in [-0.2, 0) is 16.1 Å².